The van der Waals surface area contributed by atoms with E-state index in [9.17, 15) is 28.9 Å². The summed E-state index contributed by atoms with van der Waals surface area (Å²) >= 11 is 0. The lowest BCUT2D eigenvalue weighted by molar-refractivity contribution is -0.161. The molecule has 0 aromatic carbocycles. The third-order valence-corrected chi connectivity index (χ3v) is 12.4. The maximum atomic E-state index is 12.9. The molecule has 0 spiro atoms. The summed E-state index contributed by atoms with van der Waals surface area (Å²) in [6.45, 7) is 4.37. The summed E-state index contributed by atoms with van der Waals surface area (Å²) in [5.41, 5.74) is 0. The van der Waals surface area contributed by atoms with Crippen LogP contribution < -0.4 is 0 Å². The van der Waals surface area contributed by atoms with Gasteiger partial charge in [0, 0.05) is 19.3 Å². The lowest BCUT2D eigenvalue weighted by atomic mass is 10.1. The van der Waals surface area contributed by atoms with Gasteiger partial charge in [0.15, 0.2) is 6.10 Å². The second-order valence-electron chi connectivity index (χ2n) is 18.4. The van der Waals surface area contributed by atoms with Crippen LogP contribution in [0, 0.1) is 0 Å². The van der Waals surface area contributed by atoms with Gasteiger partial charge in [-0.3, -0.25) is 23.4 Å². The Kier molecular flexibility index (Phi) is 51.0. The second-order valence-corrected chi connectivity index (χ2v) is 19.8. The average Bonchev–Trinajstić information content (AvgIpc) is 3.37. The molecule has 3 unspecified atom stereocenters. The van der Waals surface area contributed by atoms with Crippen LogP contribution in [-0.2, 0) is 42.2 Å². The summed E-state index contributed by atoms with van der Waals surface area (Å²) in [5, 5.41) is 9.78. The molecule has 0 aliphatic carbocycles. The van der Waals surface area contributed by atoms with E-state index in [-0.39, 0.29) is 25.9 Å². The van der Waals surface area contributed by atoms with Crippen LogP contribution in [0.25, 0.3) is 0 Å². The molecule has 2 N–H and O–H groups in total. The van der Waals surface area contributed by atoms with Crippen LogP contribution in [0.4, 0.5) is 0 Å². The number of esters is 3. The molecule has 0 heterocycles. The van der Waals surface area contributed by atoms with Gasteiger partial charge in [0.1, 0.15) is 12.7 Å². The number of hydrogen-bond acceptors (Lipinski definition) is 10. The molecular formula is C60H101O11P. The van der Waals surface area contributed by atoms with Gasteiger partial charge in [0.05, 0.1) is 19.8 Å². The molecule has 0 rings (SSSR count). The monoisotopic (exact) mass is 1030 g/mol. The molecule has 0 saturated heterocycles. The average molecular weight is 1030 g/mol. The maximum Gasteiger partial charge on any atom is 0.472 e. The van der Waals surface area contributed by atoms with Gasteiger partial charge in [-0.2, -0.15) is 0 Å². The van der Waals surface area contributed by atoms with Crippen LogP contribution in [0.5, 0.6) is 0 Å². The number of carbonyl (C=O) groups is 3. The van der Waals surface area contributed by atoms with Crippen molar-refractivity contribution in [2.75, 3.05) is 26.4 Å². The van der Waals surface area contributed by atoms with E-state index in [1.165, 1.54) is 51.4 Å². The molecule has 412 valence electrons. The van der Waals surface area contributed by atoms with Crippen LogP contribution in [0.15, 0.2) is 97.2 Å². The molecule has 0 amide bonds. The number of hydrogen-bond donors (Lipinski definition) is 2. The molecule has 72 heavy (non-hydrogen) atoms. The number of ether oxygens (including phenoxy) is 3. The van der Waals surface area contributed by atoms with Crippen molar-refractivity contribution in [2.45, 2.75) is 238 Å². The number of allylic oxidation sites excluding steroid dienone is 16. The Hall–Kier alpha value is -3.60. The largest absolute Gasteiger partial charge is 0.472 e. The Balaban J connectivity index is 4.85. The van der Waals surface area contributed by atoms with Crippen LogP contribution in [0.1, 0.15) is 226 Å². The highest BCUT2D eigenvalue weighted by Gasteiger charge is 2.28. The van der Waals surface area contributed by atoms with E-state index in [0.29, 0.717) is 25.7 Å². The number of aliphatic hydroxyl groups is 1. The van der Waals surface area contributed by atoms with Crippen LogP contribution in [-0.4, -0.2) is 66.5 Å². The number of aliphatic hydroxyl groups excluding tert-OH is 1. The van der Waals surface area contributed by atoms with Gasteiger partial charge in [0.2, 0.25) is 0 Å². The molecule has 0 aromatic rings. The first-order chi connectivity index (χ1) is 35.2. The van der Waals surface area contributed by atoms with Crippen molar-refractivity contribution in [2.24, 2.45) is 0 Å². The van der Waals surface area contributed by atoms with E-state index < -0.39 is 57.8 Å². The predicted molar refractivity (Wildman–Crippen MR) is 297 cm³/mol. The number of phosphoric ester groups is 1. The van der Waals surface area contributed by atoms with Crippen molar-refractivity contribution in [3.05, 3.63) is 97.2 Å². The van der Waals surface area contributed by atoms with Gasteiger partial charge in [-0.15, -0.1) is 0 Å². The van der Waals surface area contributed by atoms with Gasteiger partial charge in [-0.25, -0.2) is 4.57 Å². The van der Waals surface area contributed by atoms with E-state index in [0.717, 1.165) is 109 Å². The first-order valence-electron chi connectivity index (χ1n) is 28.1. The van der Waals surface area contributed by atoms with E-state index in [2.05, 4.69) is 112 Å². The van der Waals surface area contributed by atoms with E-state index >= 15 is 0 Å². The van der Waals surface area contributed by atoms with Crippen LogP contribution in [0.2, 0.25) is 0 Å². The maximum absolute atomic E-state index is 12.9. The summed E-state index contributed by atoms with van der Waals surface area (Å²) < 4.78 is 39.4. The van der Waals surface area contributed by atoms with Crippen molar-refractivity contribution < 1.29 is 52.2 Å². The molecule has 0 aliphatic rings. The van der Waals surface area contributed by atoms with Gasteiger partial charge >= 0.3 is 25.7 Å². The van der Waals surface area contributed by atoms with Crippen molar-refractivity contribution >= 4 is 25.7 Å². The first-order valence-corrected chi connectivity index (χ1v) is 29.6. The predicted octanol–water partition coefficient (Wildman–Crippen LogP) is 16.5. The van der Waals surface area contributed by atoms with Gasteiger partial charge in [-0.1, -0.05) is 195 Å². The van der Waals surface area contributed by atoms with Crippen molar-refractivity contribution in [1.29, 1.82) is 0 Å². The molecule has 12 heteroatoms. The minimum Gasteiger partial charge on any atom is -0.462 e. The highest BCUT2D eigenvalue weighted by molar-refractivity contribution is 7.47. The van der Waals surface area contributed by atoms with Crippen LogP contribution in [0.3, 0.4) is 0 Å². The summed E-state index contributed by atoms with van der Waals surface area (Å²) in [4.78, 5) is 48.4. The van der Waals surface area contributed by atoms with Crippen LogP contribution >= 0.6 is 7.82 Å². The smallest absolute Gasteiger partial charge is 0.462 e. The zero-order valence-electron chi connectivity index (χ0n) is 45.4. The number of rotatable bonds is 51. The standard InChI is InChI=1S/C60H101O11P/c1-4-7-10-13-16-19-22-24-26-28-30-32-35-37-40-43-46-49-58(62)67-53-57(71-60(64)51-48-45-42-39-36-33-31-29-27-25-23-20-17-14-11-8-5-2)55-69-72(65,66)68-54-56(52-61)70-59(63)50-47-44-41-38-34-21-18-15-12-9-6-3/h7,10,15-20,24-27,30,32,37,40,56-57,61H,4-6,8-9,11-14,21-23,28-29,31,33-36,38-39,41-55H2,1-3H3,(H,65,66)/b10-7-,18-15-,19-16-,20-17-,26-24-,27-25-,32-30-,40-37-. The topological polar surface area (TPSA) is 155 Å². The van der Waals surface area contributed by atoms with Crippen molar-refractivity contribution in [3.8, 4) is 0 Å². The van der Waals surface area contributed by atoms with Crippen molar-refractivity contribution in [1.82, 2.24) is 0 Å². The summed E-state index contributed by atoms with van der Waals surface area (Å²) in [5.74, 6) is -1.56. The molecule has 3 atom stereocenters. The highest BCUT2D eigenvalue weighted by Crippen LogP contribution is 2.43. The summed E-state index contributed by atoms with van der Waals surface area (Å²) in [6.07, 6.45) is 62.3. The minimum atomic E-state index is -4.77. The fraction of sp³-hybridized carbons (Fsp3) is 0.683. The number of phosphoric acid groups is 1. The highest BCUT2D eigenvalue weighted by atomic mass is 31.2. The summed E-state index contributed by atoms with van der Waals surface area (Å²) in [6, 6.07) is 0. The lowest BCUT2D eigenvalue weighted by Crippen LogP contribution is -2.30. The SMILES string of the molecule is CC/C=C\C/C=C\C/C=C\C/C=C\C/C=C\CCCC(=O)OCC(COP(=O)(O)OCC(CO)OC(=O)CCCCCCC/C=C\CCCC)OC(=O)CCCCCCCCC/C=C\C/C=C\CCCCC. The fourth-order valence-corrected chi connectivity index (χ4v) is 7.95. The molecule has 0 aromatic heterocycles. The van der Waals surface area contributed by atoms with Gasteiger partial charge in [0.25, 0.3) is 0 Å². The Morgan fingerprint density at radius 1 is 0.403 bits per heavy atom. The third kappa shape index (κ3) is 51.3. The normalized spacial score (nSPS) is 14.1. The Morgan fingerprint density at radius 3 is 1.21 bits per heavy atom. The molecule has 0 aliphatic heterocycles. The Bertz CT molecular complexity index is 1580. The summed E-state index contributed by atoms with van der Waals surface area (Å²) in [7, 11) is -4.77. The molecule has 11 nitrogen and oxygen atoms in total. The molecule has 0 fully saturated rings. The fourth-order valence-electron chi connectivity index (χ4n) is 7.17. The van der Waals surface area contributed by atoms with E-state index in [4.69, 9.17) is 23.3 Å². The number of carbonyl (C=O) groups excluding carboxylic acids is 3. The van der Waals surface area contributed by atoms with Gasteiger partial charge in [-0.05, 0) is 109 Å². The minimum absolute atomic E-state index is 0.142. The molecule has 0 radical (unpaired) electrons. The molecule has 0 saturated carbocycles. The Labute approximate surface area is 438 Å². The van der Waals surface area contributed by atoms with E-state index in [1.54, 1.807) is 0 Å². The zero-order chi connectivity index (χ0) is 52.7. The quantitative estimate of drug-likeness (QED) is 0.0197. The van der Waals surface area contributed by atoms with Gasteiger partial charge < -0.3 is 24.2 Å². The zero-order valence-corrected chi connectivity index (χ0v) is 46.3. The van der Waals surface area contributed by atoms with Crippen molar-refractivity contribution in [3.63, 3.8) is 0 Å². The first kappa shape index (κ1) is 68.4. The second kappa shape index (κ2) is 53.7. The van der Waals surface area contributed by atoms with E-state index in [1.807, 2.05) is 6.08 Å². The number of unbranched alkanes of at least 4 members (excludes halogenated alkanes) is 18. The molecule has 0 bridgehead atoms. The lowest BCUT2D eigenvalue weighted by Gasteiger charge is -2.21. The molecular weight excluding hydrogens is 928 g/mol. The Morgan fingerprint density at radius 2 is 0.750 bits per heavy atom. The third-order valence-electron chi connectivity index (χ3n) is 11.5.